The second kappa shape index (κ2) is 21.4. The van der Waals surface area contributed by atoms with Crippen molar-refractivity contribution in [2.45, 2.75) is 104 Å². The summed E-state index contributed by atoms with van der Waals surface area (Å²) < 4.78 is 0. The molecule has 8 amide bonds. The Bertz CT molecular complexity index is 1290. The van der Waals surface area contributed by atoms with Crippen molar-refractivity contribution in [1.29, 1.82) is 0 Å². The van der Waals surface area contributed by atoms with Crippen molar-refractivity contribution in [2.75, 3.05) is 26.2 Å². The van der Waals surface area contributed by atoms with Crippen molar-refractivity contribution >= 4 is 53.2 Å². The van der Waals surface area contributed by atoms with E-state index in [1.54, 1.807) is 27.7 Å². The van der Waals surface area contributed by atoms with Crippen LogP contribution in [0.3, 0.4) is 0 Å². The van der Waals surface area contributed by atoms with Gasteiger partial charge in [-0.25, -0.2) is 0 Å². The molecule has 19 nitrogen and oxygen atoms in total. The summed E-state index contributed by atoms with van der Waals surface area (Å²) in [7, 11) is 0. The van der Waals surface area contributed by atoms with Crippen molar-refractivity contribution in [1.82, 2.24) is 36.8 Å². The Morgan fingerprint density at radius 2 is 1.31 bits per heavy atom. The van der Waals surface area contributed by atoms with E-state index >= 15 is 0 Å². The summed E-state index contributed by atoms with van der Waals surface area (Å²) in [6, 6.07) is -5.64. The van der Waals surface area contributed by atoms with Crippen LogP contribution in [0.25, 0.3) is 0 Å². The molecule has 0 aromatic carbocycles. The first-order valence-electron chi connectivity index (χ1n) is 17.0. The Kier molecular flexibility index (Phi) is 18.6. The minimum absolute atomic E-state index is 0.105. The molecule has 0 bridgehead atoms. The van der Waals surface area contributed by atoms with Gasteiger partial charge in [-0.3, -0.25) is 43.2 Å². The lowest BCUT2D eigenvalue weighted by Gasteiger charge is -2.30. The maximum Gasteiger partial charge on any atom is 0.322 e. The summed E-state index contributed by atoms with van der Waals surface area (Å²) in [6.07, 6.45) is 0.601. The Labute approximate surface area is 297 Å². The van der Waals surface area contributed by atoms with Crippen molar-refractivity contribution in [2.24, 2.45) is 29.2 Å². The predicted octanol–water partition coefficient (Wildman–Crippen LogP) is -3.18. The number of nitrogens with zero attached hydrogens (tertiary/aromatic N) is 1. The van der Waals surface area contributed by atoms with Crippen LogP contribution < -0.4 is 43.4 Å². The maximum atomic E-state index is 13.6. The van der Waals surface area contributed by atoms with E-state index in [2.05, 4.69) is 31.9 Å². The zero-order chi connectivity index (χ0) is 39.0. The standard InChI is InChI=1S/C32H55N9O10/c1-16(2)12-20(29(48)39-26(17(3)4)31(50)36-14-23(43)35-15-25(45)46)38-32(51)27(18(5)6)40-28(47)19(9-10-22(34)42)37-30(49)21-8-7-11-41(21)24(44)13-33/h16-21,26-27H,7-15,33H2,1-6H3,(H2,34,42)(H,35,43)(H,36,50)(H,37,49)(H,38,51)(H,39,48)(H,40,47)(H,45,46)/t19-,20+,21-,26-,27-/m0/s1. The zero-order valence-corrected chi connectivity index (χ0v) is 30.2. The summed E-state index contributed by atoms with van der Waals surface area (Å²) in [5, 5.41) is 23.6. The molecule has 0 aliphatic carbocycles. The Hall–Kier alpha value is -4.81. The number of carboxylic acid groups (broad SMARTS) is 1. The van der Waals surface area contributed by atoms with Crippen LogP contribution in [0.2, 0.25) is 0 Å². The smallest absolute Gasteiger partial charge is 0.322 e. The van der Waals surface area contributed by atoms with Gasteiger partial charge < -0.3 is 53.4 Å². The van der Waals surface area contributed by atoms with Crippen LogP contribution in [-0.2, 0) is 43.2 Å². The second-order valence-electron chi connectivity index (χ2n) is 13.6. The molecule has 1 saturated heterocycles. The molecule has 51 heavy (non-hydrogen) atoms. The lowest BCUT2D eigenvalue weighted by atomic mass is 9.98. The summed E-state index contributed by atoms with van der Waals surface area (Å²) >= 11 is 0. The average Bonchev–Trinajstić information content (AvgIpc) is 3.54. The fourth-order valence-electron chi connectivity index (χ4n) is 5.33. The number of primary amides is 1. The first-order chi connectivity index (χ1) is 23.8. The lowest BCUT2D eigenvalue weighted by molar-refractivity contribution is -0.139. The van der Waals surface area contributed by atoms with E-state index in [-0.39, 0.29) is 31.7 Å². The number of carbonyl (C=O) groups excluding carboxylic acids is 8. The topological polar surface area (TPSA) is 301 Å². The predicted molar refractivity (Wildman–Crippen MR) is 183 cm³/mol. The number of hydrogen-bond donors (Lipinski definition) is 9. The van der Waals surface area contributed by atoms with Crippen LogP contribution in [0.15, 0.2) is 0 Å². The van der Waals surface area contributed by atoms with Gasteiger partial charge in [0, 0.05) is 13.0 Å². The molecule has 1 aliphatic rings. The summed E-state index contributed by atoms with van der Waals surface area (Å²) in [6.45, 7) is 9.11. The van der Waals surface area contributed by atoms with Crippen LogP contribution in [-0.4, -0.2) is 120 Å². The highest BCUT2D eigenvalue weighted by molar-refractivity contribution is 5.97. The van der Waals surface area contributed by atoms with Gasteiger partial charge in [-0.2, -0.15) is 0 Å². The number of rotatable bonds is 21. The Balaban J connectivity index is 3.12. The third-order valence-electron chi connectivity index (χ3n) is 8.06. The molecule has 0 aromatic rings. The molecule has 1 aliphatic heterocycles. The zero-order valence-electron chi connectivity index (χ0n) is 30.2. The molecule has 11 N–H and O–H groups in total. The molecule has 1 rings (SSSR count). The van der Waals surface area contributed by atoms with Crippen molar-refractivity contribution < 1.29 is 48.3 Å². The second-order valence-corrected chi connectivity index (χ2v) is 13.6. The van der Waals surface area contributed by atoms with Crippen LogP contribution >= 0.6 is 0 Å². The van der Waals surface area contributed by atoms with Gasteiger partial charge in [0.05, 0.1) is 13.1 Å². The van der Waals surface area contributed by atoms with E-state index < -0.39 is 108 Å². The van der Waals surface area contributed by atoms with Gasteiger partial charge in [-0.05, 0) is 43.4 Å². The fourth-order valence-corrected chi connectivity index (χ4v) is 5.33. The fraction of sp³-hybridized carbons (Fsp3) is 0.719. The van der Waals surface area contributed by atoms with E-state index in [1.807, 2.05) is 13.8 Å². The van der Waals surface area contributed by atoms with Gasteiger partial charge in [-0.1, -0.05) is 41.5 Å². The average molecular weight is 726 g/mol. The van der Waals surface area contributed by atoms with Crippen molar-refractivity contribution in [3.63, 3.8) is 0 Å². The lowest BCUT2D eigenvalue weighted by Crippen LogP contribution is -2.60. The first kappa shape index (κ1) is 44.2. The highest BCUT2D eigenvalue weighted by atomic mass is 16.4. The van der Waals surface area contributed by atoms with Crippen LogP contribution in [0, 0.1) is 17.8 Å². The normalized spacial score (nSPS) is 16.4. The number of amides is 8. The van der Waals surface area contributed by atoms with E-state index in [9.17, 15) is 43.2 Å². The highest BCUT2D eigenvalue weighted by Crippen LogP contribution is 2.18. The number of aliphatic carboxylic acids is 1. The van der Waals surface area contributed by atoms with E-state index in [0.29, 0.717) is 19.4 Å². The minimum Gasteiger partial charge on any atom is -0.480 e. The molecule has 0 radical (unpaired) electrons. The molecule has 288 valence electrons. The van der Waals surface area contributed by atoms with Crippen LogP contribution in [0.5, 0.6) is 0 Å². The Morgan fingerprint density at radius 3 is 1.82 bits per heavy atom. The van der Waals surface area contributed by atoms with Crippen LogP contribution in [0.4, 0.5) is 0 Å². The third kappa shape index (κ3) is 15.3. The molecular weight excluding hydrogens is 670 g/mol. The SMILES string of the molecule is CC(C)C[C@@H](NC(=O)[C@@H](NC(=O)[C@H](CCC(N)=O)NC(=O)[C@@H]1CCCN1C(=O)CN)C(C)C)C(=O)N[C@H](C(=O)NCC(=O)NCC(=O)O)C(C)C. The van der Waals surface area contributed by atoms with Gasteiger partial charge in [0.15, 0.2) is 0 Å². The van der Waals surface area contributed by atoms with E-state index in [0.717, 1.165) is 0 Å². The molecule has 19 heteroatoms. The number of nitrogens with two attached hydrogens (primary N) is 2. The Morgan fingerprint density at radius 1 is 0.745 bits per heavy atom. The number of carbonyl (C=O) groups is 9. The van der Waals surface area contributed by atoms with E-state index in [1.165, 1.54) is 4.90 Å². The third-order valence-corrected chi connectivity index (χ3v) is 8.06. The molecule has 1 fully saturated rings. The monoisotopic (exact) mass is 725 g/mol. The first-order valence-corrected chi connectivity index (χ1v) is 17.0. The van der Waals surface area contributed by atoms with Gasteiger partial charge in [0.25, 0.3) is 0 Å². The molecule has 0 unspecified atom stereocenters. The quantitative estimate of drug-likeness (QED) is 0.0568. The molecular formula is C32H55N9O10. The van der Waals surface area contributed by atoms with Gasteiger partial charge in [0.2, 0.25) is 47.3 Å². The summed E-state index contributed by atoms with van der Waals surface area (Å²) in [5.74, 6) is -7.77. The molecule has 0 aromatic heterocycles. The van der Waals surface area contributed by atoms with Gasteiger partial charge in [-0.15, -0.1) is 0 Å². The molecule has 5 atom stereocenters. The summed E-state index contributed by atoms with van der Waals surface area (Å²) in [4.78, 5) is 114. The molecule has 0 saturated carbocycles. The molecule has 0 spiro atoms. The van der Waals surface area contributed by atoms with Gasteiger partial charge in [0.1, 0.15) is 36.8 Å². The van der Waals surface area contributed by atoms with E-state index in [4.69, 9.17) is 16.6 Å². The minimum atomic E-state index is -1.29. The number of likely N-dealkylation sites (tertiary alicyclic amines) is 1. The number of carboxylic acids is 1. The summed E-state index contributed by atoms with van der Waals surface area (Å²) in [5.41, 5.74) is 10.8. The maximum absolute atomic E-state index is 13.6. The van der Waals surface area contributed by atoms with Gasteiger partial charge >= 0.3 is 5.97 Å². The highest BCUT2D eigenvalue weighted by Gasteiger charge is 2.37. The number of hydrogen-bond acceptors (Lipinski definition) is 10. The number of nitrogens with one attached hydrogen (secondary N) is 6. The van der Waals surface area contributed by atoms with Crippen molar-refractivity contribution in [3.8, 4) is 0 Å². The van der Waals surface area contributed by atoms with Crippen molar-refractivity contribution in [3.05, 3.63) is 0 Å². The van der Waals surface area contributed by atoms with Crippen LogP contribution in [0.1, 0.15) is 73.6 Å². The largest absolute Gasteiger partial charge is 0.480 e. The molecule has 1 heterocycles.